The Labute approximate surface area is 121 Å². The molecule has 4 nitrogen and oxygen atoms in total. The van der Waals surface area contributed by atoms with Gasteiger partial charge in [0, 0.05) is 36.9 Å². The summed E-state index contributed by atoms with van der Waals surface area (Å²) in [6, 6.07) is 9.53. The van der Waals surface area contributed by atoms with Crippen LogP contribution >= 0.6 is 0 Å². The fourth-order valence-electron chi connectivity index (χ4n) is 3.44. The maximum absolute atomic E-state index is 6.11. The molecule has 4 heteroatoms. The lowest BCUT2D eigenvalue weighted by molar-refractivity contribution is 0.252. The van der Waals surface area contributed by atoms with E-state index in [1.165, 1.54) is 12.8 Å². The minimum Gasteiger partial charge on any atom is -0.497 e. The molecule has 1 saturated heterocycles. The Morgan fingerprint density at radius 1 is 1.45 bits per heavy atom. The summed E-state index contributed by atoms with van der Waals surface area (Å²) in [7, 11) is 1.70. The van der Waals surface area contributed by atoms with Crippen LogP contribution in [-0.2, 0) is 0 Å². The molecule has 2 unspecified atom stereocenters. The number of hydrogen-bond donors (Lipinski definition) is 2. The third kappa shape index (κ3) is 2.63. The molecule has 1 aromatic rings. The van der Waals surface area contributed by atoms with Crippen LogP contribution in [0.25, 0.3) is 0 Å². The van der Waals surface area contributed by atoms with Crippen LogP contribution in [0.3, 0.4) is 0 Å². The number of hydrogen-bond acceptors (Lipinski definition) is 4. The van der Waals surface area contributed by atoms with Gasteiger partial charge in [-0.25, -0.2) is 0 Å². The van der Waals surface area contributed by atoms with E-state index in [2.05, 4.69) is 23.2 Å². The molecule has 0 amide bonds. The molecule has 0 aromatic heterocycles. The van der Waals surface area contributed by atoms with Crippen molar-refractivity contribution in [2.75, 3.05) is 25.5 Å². The van der Waals surface area contributed by atoms with Gasteiger partial charge in [-0.2, -0.15) is 0 Å². The molecule has 3 rings (SSSR count). The van der Waals surface area contributed by atoms with Gasteiger partial charge in [-0.3, -0.25) is 4.90 Å². The Morgan fingerprint density at radius 2 is 2.25 bits per heavy atom. The Kier molecular flexibility index (Phi) is 3.61. The first kappa shape index (κ1) is 13.7. The molecular weight excluding hydrogens is 250 g/mol. The van der Waals surface area contributed by atoms with E-state index in [0.717, 1.165) is 30.4 Å². The Hall–Kier alpha value is -1.26. The topological polar surface area (TPSA) is 50.5 Å². The summed E-state index contributed by atoms with van der Waals surface area (Å²) in [6.45, 7) is 4.04. The standard InChI is InChI=1S/C16H25N3O/c1-12-9-16(10-17,11-19(12)14-6-7-14)18-13-4-3-5-15(8-13)20-2/h3-5,8,12,14,18H,6-7,9-11,17H2,1-2H3. The maximum atomic E-state index is 6.11. The van der Waals surface area contributed by atoms with Gasteiger partial charge in [-0.1, -0.05) is 6.07 Å². The Bertz CT molecular complexity index is 475. The van der Waals surface area contributed by atoms with E-state index in [-0.39, 0.29) is 5.54 Å². The highest BCUT2D eigenvalue weighted by atomic mass is 16.5. The fourth-order valence-corrected chi connectivity index (χ4v) is 3.44. The number of benzene rings is 1. The van der Waals surface area contributed by atoms with E-state index in [4.69, 9.17) is 10.5 Å². The highest BCUT2D eigenvalue weighted by molar-refractivity contribution is 5.50. The van der Waals surface area contributed by atoms with Gasteiger partial charge in [0.05, 0.1) is 12.6 Å². The quantitative estimate of drug-likeness (QED) is 0.863. The molecule has 20 heavy (non-hydrogen) atoms. The first-order valence-electron chi connectivity index (χ1n) is 7.54. The molecule has 2 fully saturated rings. The smallest absolute Gasteiger partial charge is 0.120 e. The van der Waals surface area contributed by atoms with Gasteiger partial charge in [0.1, 0.15) is 5.75 Å². The predicted octanol–water partition coefficient (Wildman–Crippen LogP) is 2.06. The lowest BCUT2D eigenvalue weighted by Crippen LogP contribution is -2.48. The SMILES string of the molecule is COc1cccc(NC2(CN)CC(C)N(C3CC3)C2)c1. The fraction of sp³-hybridized carbons (Fsp3) is 0.625. The summed E-state index contributed by atoms with van der Waals surface area (Å²) in [4.78, 5) is 2.63. The number of nitrogens with zero attached hydrogens (tertiary/aromatic N) is 1. The Balaban J connectivity index is 1.75. The molecule has 110 valence electrons. The maximum Gasteiger partial charge on any atom is 0.120 e. The van der Waals surface area contributed by atoms with E-state index < -0.39 is 0 Å². The molecule has 3 N–H and O–H groups in total. The molecule has 1 aliphatic heterocycles. The van der Waals surface area contributed by atoms with Crippen molar-refractivity contribution in [1.82, 2.24) is 4.90 Å². The third-order valence-corrected chi connectivity index (χ3v) is 4.62. The first-order chi connectivity index (χ1) is 9.65. The van der Waals surface area contributed by atoms with Crippen molar-refractivity contribution in [3.63, 3.8) is 0 Å². The summed E-state index contributed by atoms with van der Waals surface area (Å²) in [5, 5.41) is 3.68. The molecule has 1 aromatic carbocycles. The van der Waals surface area contributed by atoms with Gasteiger partial charge in [0.25, 0.3) is 0 Å². The number of ether oxygens (including phenoxy) is 1. The summed E-state index contributed by atoms with van der Waals surface area (Å²) in [5.41, 5.74) is 7.20. The number of likely N-dealkylation sites (tertiary alicyclic amines) is 1. The minimum absolute atomic E-state index is 0.00558. The second kappa shape index (κ2) is 5.26. The molecule has 1 aliphatic carbocycles. The zero-order valence-electron chi connectivity index (χ0n) is 12.4. The van der Waals surface area contributed by atoms with Crippen LogP contribution in [0.4, 0.5) is 5.69 Å². The summed E-state index contributed by atoms with van der Waals surface area (Å²) in [5.74, 6) is 0.882. The van der Waals surface area contributed by atoms with Crippen LogP contribution in [0.2, 0.25) is 0 Å². The molecule has 0 bridgehead atoms. The number of methoxy groups -OCH3 is 1. The van der Waals surface area contributed by atoms with Crippen molar-refractivity contribution in [3.05, 3.63) is 24.3 Å². The Morgan fingerprint density at radius 3 is 2.90 bits per heavy atom. The highest BCUT2D eigenvalue weighted by Gasteiger charge is 2.46. The van der Waals surface area contributed by atoms with Gasteiger partial charge >= 0.3 is 0 Å². The number of anilines is 1. The van der Waals surface area contributed by atoms with E-state index >= 15 is 0 Å². The van der Waals surface area contributed by atoms with E-state index in [1.807, 2.05) is 18.2 Å². The lowest BCUT2D eigenvalue weighted by Gasteiger charge is -2.30. The van der Waals surface area contributed by atoms with Crippen LogP contribution < -0.4 is 15.8 Å². The first-order valence-corrected chi connectivity index (χ1v) is 7.54. The third-order valence-electron chi connectivity index (χ3n) is 4.62. The van der Waals surface area contributed by atoms with Crippen molar-refractivity contribution in [2.24, 2.45) is 5.73 Å². The van der Waals surface area contributed by atoms with Crippen LogP contribution in [0, 0.1) is 0 Å². The normalized spacial score (nSPS) is 30.4. The zero-order valence-corrected chi connectivity index (χ0v) is 12.4. The van der Waals surface area contributed by atoms with Crippen molar-refractivity contribution >= 4 is 5.69 Å². The van der Waals surface area contributed by atoms with E-state index in [9.17, 15) is 0 Å². The monoisotopic (exact) mass is 275 g/mol. The van der Waals surface area contributed by atoms with Crippen LogP contribution in [0.15, 0.2) is 24.3 Å². The van der Waals surface area contributed by atoms with Gasteiger partial charge in [-0.15, -0.1) is 0 Å². The van der Waals surface area contributed by atoms with E-state index in [1.54, 1.807) is 7.11 Å². The number of nitrogens with one attached hydrogen (secondary N) is 1. The van der Waals surface area contributed by atoms with Gasteiger partial charge < -0.3 is 15.8 Å². The van der Waals surface area contributed by atoms with Crippen molar-refractivity contribution in [3.8, 4) is 5.75 Å². The van der Waals surface area contributed by atoms with Crippen LogP contribution in [0.5, 0.6) is 5.75 Å². The van der Waals surface area contributed by atoms with Crippen molar-refractivity contribution in [2.45, 2.75) is 43.8 Å². The zero-order chi connectivity index (χ0) is 14.2. The van der Waals surface area contributed by atoms with Gasteiger partial charge in [0.15, 0.2) is 0 Å². The summed E-state index contributed by atoms with van der Waals surface area (Å²) < 4.78 is 5.29. The van der Waals surface area contributed by atoms with Crippen LogP contribution in [0.1, 0.15) is 26.2 Å². The molecular formula is C16H25N3O. The van der Waals surface area contributed by atoms with E-state index in [0.29, 0.717) is 12.6 Å². The molecule has 2 atom stereocenters. The van der Waals surface area contributed by atoms with Crippen LogP contribution in [-0.4, -0.2) is 42.7 Å². The predicted molar refractivity (Wildman–Crippen MR) is 82.2 cm³/mol. The lowest BCUT2D eigenvalue weighted by atomic mass is 9.96. The number of rotatable bonds is 5. The molecule has 1 saturated carbocycles. The minimum atomic E-state index is -0.00558. The number of nitrogens with two attached hydrogens (primary N) is 1. The molecule has 0 spiro atoms. The average Bonchev–Trinajstić information content (AvgIpc) is 3.24. The van der Waals surface area contributed by atoms with Gasteiger partial charge in [0.2, 0.25) is 0 Å². The largest absolute Gasteiger partial charge is 0.497 e. The molecule has 0 radical (unpaired) electrons. The molecule has 1 heterocycles. The van der Waals surface area contributed by atoms with Gasteiger partial charge in [-0.05, 0) is 38.3 Å². The van der Waals surface area contributed by atoms with Crippen molar-refractivity contribution < 1.29 is 4.74 Å². The second-order valence-electron chi connectivity index (χ2n) is 6.30. The summed E-state index contributed by atoms with van der Waals surface area (Å²) >= 11 is 0. The van der Waals surface area contributed by atoms with Crippen molar-refractivity contribution in [1.29, 1.82) is 0 Å². The average molecular weight is 275 g/mol. The highest BCUT2D eigenvalue weighted by Crippen LogP contribution is 2.38. The molecule has 2 aliphatic rings. The second-order valence-corrected chi connectivity index (χ2v) is 6.30. The summed E-state index contributed by atoms with van der Waals surface area (Å²) in [6.07, 6.45) is 3.81.